The van der Waals surface area contributed by atoms with Crippen LogP contribution in [0.25, 0.3) is 17.0 Å². The Morgan fingerprint density at radius 1 is 1.35 bits per heavy atom. The van der Waals surface area contributed by atoms with Crippen molar-refractivity contribution in [2.45, 2.75) is 45.6 Å². The van der Waals surface area contributed by atoms with Crippen LogP contribution < -0.4 is 0 Å². The van der Waals surface area contributed by atoms with Crippen LogP contribution in [0.3, 0.4) is 0 Å². The highest BCUT2D eigenvalue weighted by Crippen LogP contribution is 2.26. The summed E-state index contributed by atoms with van der Waals surface area (Å²) in [5.41, 5.74) is 5.11. The van der Waals surface area contributed by atoms with Gasteiger partial charge in [-0.1, -0.05) is 25.5 Å². The number of fused-ring (bicyclic) bond motifs is 1. The third kappa shape index (κ3) is 3.85. The highest BCUT2D eigenvalue weighted by Gasteiger charge is 2.19. The average Bonchev–Trinajstić information content (AvgIpc) is 2.93. The standard InChI is InChI=1S/C22H31N3O/c1-5-6-7-18(25-14-11-19(26-4)12-15-25)8-9-20-17(2)24(3)22-10-13-23-16-21(20)22/h7-10,13,16,19H,5-6,11-12,14-15H2,1-4H3/b9-8-,18-7-. The Kier molecular flexibility index (Phi) is 6.15. The van der Waals surface area contributed by atoms with Crippen molar-refractivity contribution in [2.75, 3.05) is 20.2 Å². The molecule has 0 spiro atoms. The zero-order chi connectivity index (χ0) is 18.5. The molecule has 0 aliphatic carbocycles. The van der Waals surface area contributed by atoms with Gasteiger partial charge in [-0.05, 0) is 38.3 Å². The van der Waals surface area contributed by atoms with Gasteiger partial charge in [0.05, 0.1) is 11.6 Å². The quantitative estimate of drug-likeness (QED) is 0.706. The van der Waals surface area contributed by atoms with Crippen molar-refractivity contribution in [2.24, 2.45) is 7.05 Å². The fourth-order valence-electron chi connectivity index (χ4n) is 3.77. The Hall–Kier alpha value is -2.07. The largest absolute Gasteiger partial charge is 0.381 e. The second-order valence-corrected chi connectivity index (χ2v) is 7.12. The second-order valence-electron chi connectivity index (χ2n) is 7.12. The molecule has 1 aliphatic rings. The number of piperidine rings is 1. The minimum atomic E-state index is 0.411. The van der Waals surface area contributed by atoms with E-state index in [1.54, 1.807) is 0 Å². The maximum atomic E-state index is 5.52. The normalized spacial score (nSPS) is 16.9. The molecular formula is C22H31N3O. The molecule has 1 saturated heterocycles. The Morgan fingerprint density at radius 2 is 2.12 bits per heavy atom. The van der Waals surface area contributed by atoms with Gasteiger partial charge in [-0.2, -0.15) is 0 Å². The van der Waals surface area contributed by atoms with Crippen molar-refractivity contribution in [3.63, 3.8) is 0 Å². The van der Waals surface area contributed by atoms with Gasteiger partial charge in [0.2, 0.25) is 0 Å². The number of rotatable bonds is 6. The van der Waals surface area contributed by atoms with Gasteiger partial charge in [-0.15, -0.1) is 0 Å². The molecule has 4 nitrogen and oxygen atoms in total. The molecule has 26 heavy (non-hydrogen) atoms. The van der Waals surface area contributed by atoms with Crippen LogP contribution in [-0.4, -0.2) is 40.8 Å². The minimum absolute atomic E-state index is 0.411. The Morgan fingerprint density at radius 3 is 2.81 bits per heavy atom. The van der Waals surface area contributed by atoms with Gasteiger partial charge in [0.1, 0.15) is 0 Å². The fourth-order valence-corrected chi connectivity index (χ4v) is 3.77. The molecule has 3 heterocycles. The van der Waals surface area contributed by atoms with Crippen LogP contribution in [0.1, 0.15) is 43.9 Å². The number of pyridine rings is 1. The number of methoxy groups -OCH3 is 1. The predicted octanol–water partition coefficient (Wildman–Crippen LogP) is 4.69. The van der Waals surface area contributed by atoms with Gasteiger partial charge in [-0.25, -0.2) is 0 Å². The van der Waals surface area contributed by atoms with Crippen molar-refractivity contribution in [1.29, 1.82) is 0 Å². The Labute approximate surface area is 157 Å². The molecule has 0 unspecified atom stereocenters. The third-order valence-corrected chi connectivity index (χ3v) is 5.55. The van der Waals surface area contributed by atoms with Gasteiger partial charge < -0.3 is 14.2 Å². The van der Waals surface area contributed by atoms with Gasteiger partial charge in [0.25, 0.3) is 0 Å². The van der Waals surface area contributed by atoms with Crippen LogP contribution in [0.15, 0.2) is 36.3 Å². The molecule has 3 rings (SSSR count). The maximum Gasteiger partial charge on any atom is 0.0605 e. The van der Waals surface area contributed by atoms with E-state index in [4.69, 9.17) is 4.74 Å². The highest BCUT2D eigenvalue weighted by atomic mass is 16.5. The second kappa shape index (κ2) is 8.54. The van der Waals surface area contributed by atoms with Gasteiger partial charge in [0.15, 0.2) is 0 Å². The summed E-state index contributed by atoms with van der Waals surface area (Å²) in [7, 11) is 3.95. The lowest BCUT2D eigenvalue weighted by Gasteiger charge is -2.33. The molecule has 0 saturated carbocycles. The van der Waals surface area contributed by atoms with Gasteiger partial charge >= 0.3 is 0 Å². The minimum Gasteiger partial charge on any atom is -0.381 e. The van der Waals surface area contributed by atoms with E-state index in [-0.39, 0.29) is 0 Å². The molecule has 2 aromatic rings. The summed E-state index contributed by atoms with van der Waals surface area (Å²) in [5.74, 6) is 0. The number of likely N-dealkylation sites (tertiary alicyclic amines) is 1. The number of hydrogen-bond donors (Lipinski definition) is 0. The number of ether oxygens (including phenoxy) is 1. The van der Waals surface area contributed by atoms with Crippen molar-refractivity contribution in [3.05, 3.63) is 47.6 Å². The summed E-state index contributed by atoms with van der Waals surface area (Å²) in [6, 6.07) is 2.09. The van der Waals surface area contributed by atoms with E-state index in [0.29, 0.717) is 6.10 Å². The molecule has 4 heteroatoms. The van der Waals surface area contributed by atoms with E-state index in [1.807, 2.05) is 19.5 Å². The molecule has 0 amide bonds. The lowest BCUT2D eigenvalue weighted by Crippen LogP contribution is -2.35. The summed E-state index contributed by atoms with van der Waals surface area (Å²) < 4.78 is 7.77. The van der Waals surface area contributed by atoms with E-state index in [1.165, 1.54) is 34.3 Å². The molecule has 1 aliphatic heterocycles. The number of hydrogen-bond acceptors (Lipinski definition) is 3. The van der Waals surface area contributed by atoms with E-state index in [0.717, 1.165) is 32.4 Å². The zero-order valence-electron chi connectivity index (χ0n) is 16.5. The summed E-state index contributed by atoms with van der Waals surface area (Å²) in [6.45, 7) is 6.54. The molecule has 1 fully saturated rings. The lowest BCUT2D eigenvalue weighted by atomic mass is 10.1. The monoisotopic (exact) mass is 353 g/mol. The van der Waals surface area contributed by atoms with Crippen LogP contribution in [0, 0.1) is 6.92 Å². The van der Waals surface area contributed by atoms with Crippen molar-refractivity contribution in [1.82, 2.24) is 14.5 Å². The first-order valence-corrected chi connectivity index (χ1v) is 9.70. The SMILES string of the molecule is CCC/C=C(/C=C\c1c(C)n(C)c2ccncc12)N1CCC(OC)CC1. The topological polar surface area (TPSA) is 30.3 Å². The van der Waals surface area contributed by atoms with Crippen molar-refractivity contribution < 1.29 is 4.74 Å². The number of aromatic nitrogens is 2. The smallest absolute Gasteiger partial charge is 0.0605 e. The molecule has 140 valence electrons. The molecule has 0 N–H and O–H groups in total. The number of nitrogens with zero attached hydrogens (tertiary/aromatic N) is 3. The summed E-state index contributed by atoms with van der Waals surface area (Å²) in [6.07, 6.45) is 15.7. The molecule has 0 aromatic carbocycles. The summed E-state index contributed by atoms with van der Waals surface area (Å²) in [4.78, 5) is 6.83. The predicted molar refractivity (Wildman–Crippen MR) is 109 cm³/mol. The Balaban J connectivity index is 1.87. The van der Waals surface area contributed by atoms with E-state index in [2.05, 4.69) is 59.6 Å². The van der Waals surface area contributed by atoms with Crippen LogP contribution in [0.5, 0.6) is 0 Å². The summed E-state index contributed by atoms with van der Waals surface area (Å²) in [5, 5.41) is 1.22. The molecule has 0 atom stereocenters. The maximum absolute atomic E-state index is 5.52. The summed E-state index contributed by atoms with van der Waals surface area (Å²) >= 11 is 0. The number of aryl methyl sites for hydroxylation is 1. The first-order chi connectivity index (χ1) is 12.7. The number of unbranched alkanes of at least 4 members (excludes halogenated alkanes) is 1. The van der Waals surface area contributed by atoms with E-state index < -0.39 is 0 Å². The lowest BCUT2D eigenvalue weighted by molar-refractivity contribution is 0.0512. The van der Waals surface area contributed by atoms with Crippen LogP contribution >= 0.6 is 0 Å². The Bertz CT molecular complexity index is 795. The molecular weight excluding hydrogens is 322 g/mol. The van der Waals surface area contributed by atoms with E-state index in [9.17, 15) is 0 Å². The highest BCUT2D eigenvalue weighted by molar-refractivity contribution is 5.90. The van der Waals surface area contributed by atoms with E-state index >= 15 is 0 Å². The zero-order valence-corrected chi connectivity index (χ0v) is 16.5. The fraction of sp³-hybridized carbons (Fsp3) is 0.500. The van der Waals surface area contributed by atoms with Crippen molar-refractivity contribution >= 4 is 17.0 Å². The first-order valence-electron chi connectivity index (χ1n) is 9.70. The van der Waals surface area contributed by atoms with Crippen LogP contribution in [-0.2, 0) is 11.8 Å². The molecule has 0 bridgehead atoms. The number of allylic oxidation sites excluding steroid dienone is 2. The molecule has 2 aromatic heterocycles. The van der Waals surface area contributed by atoms with Crippen LogP contribution in [0.2, 0.25) is 0 Å². The molecule has 0 radical (unpaired) electrons. The van der Waals surface area contributed by atoms with Gasteiger partial charge in [-0.3, -0.25) is 4.98 Å². The average molecular weight is 354 g/mol. The van der Waals surface area contributed by atoms with Gasteiger partial charge in [0, 0.05) is 62.0 Å². The third-order valence-electron chi connectivity index (χ3n) is 5.55. The van der Waals surface area contributed by atoms with Crippen molar-refractivity contribution in [3.8, 4) is 0 Å². The first kappa shape index (κ1) is 18.7. The van der Waals surface area contributed by atoms with Crippen LogP contribution in [0.4, 0.5) is 0 Å².